The first-order valence-corrected chi connectivity index (χ1v) is 6.32. The van der Waals surface area contributed by atoms with Gasteiger partial charge < -0.3 is 10.8 Å². The summed E-state index contributed by atoms with van der Waals surface area (Å²) in [6.45, 7) is 3.04. The molecule has 2 rings (SSSR count). The van der Waals surface area contributed by atoms with Crippen LogP contribution >= 0.6 is 0 Å². The van der Waals surface area contributed by atoms with Crippen LogP contribution in [0.5, 0.6) is 0 Å². The summed E-state index contributed by atoms with van der Waals surface area (Å²) in [4.78, 5) is 13.2. The summed E-state index contributed by atoms with van der Waals surface area (Å²) >= 11 is 0. The molecular formula is C14H20N2O2. The van der Waals surface area contributed by atoms with Crippen LogP contribution in [-0.2, 0) is 11.3 Å². The topological polar surface area (TPSA) is 66.6 Å². The van der Waals surface area contributed by atoms with E-state index < -0.39 is 5.97 Å². The van der Waals surface area contributed by atoms with Gasteiger partial charge in [0.05, 0.1) is 6.42 Å². The van der Waals surface area contributed by atoms with Gasteiger partial charge in [-0.3, -0.25) is 9.69 Å². The maximum atomic E-state index is 10.9. The predicted octanol–water partition coefficient (Wildman–Crippen LogP) is 1.31. The van der Waals surface area contributed by atoms with Crippen molar-refractivity contribution in [2.24, 2.45) is 11.1 Å². The lowest BCUT2D eigenvalue weighted by molar-refractivity contribution is -0.139. The van der Waals surface area contributed by atoms with Gasteiger partial charge in [-0.05, 0) is 25.1 Å². The molecule has 1 atom stereocenters. The van der Waals surface area contributed by atoms with Crippen LogP contribution in [0.25, 0.3) is 0 Å². The molecule has 0 bridgehead atoms. The molecule has 0 spiro atoms. The van der Waals surface area contributed by atoms with Crippen LogP contribution in [0.3, 0.4) is 0 Å². The summed E-state index contributed by atoms with van der Waals surface area (Å²) in [7, 11) is 0. The molecule has 1 heterocycles. The molecule has 1 saturated heterocycles. The van der Waals surface area contributed by atoms with Crippen LogP contribution < -0.4 is 5.73 Å². The molecule has 1 aromatic rings. The zero-order chi connectivity index (χ0) is 13.0. The van der Waals surface area contributed by atoms with Crippen molar-refractivity contribution >= 4 is 5.97 Å². The molecule has 0 saturated carbocycles. The van der Waals surface area contributed by atoms with E-state index in [1.807, 2.05) is 18.2 Å². The Hall–Kier alpha value is -1.39. The van der Waals surface area contributed by atoms with Gasteiger partial charge in [0.15, 0.2) is 0 Å². The SMILES string of the molecule is NCC1(CC(=O)O)CCN(Cc2ccccc2)C1. The summed E-state index contributed by atoms with van der Waals surface area (Å²) in [6.07, 6.45) is 1.05. The van der Waals surface area contributed by atoms with Gasteiger partial charge in [-0.25, -0.2) is 0 Å². The Morgan fingerprint density at radius 1 is 1.39 bits per heavy atom. The molecule has 18 heavy (non-hydrogen) atoms. The van der Waals surface area contributed by atoms with Gasteiger partial charge in [-0.1, -0.05) is 30.3 Å². The van der Waals surface area contributed by atoms with Crippen molar-refractivity contribution < 1.29 is 9.90 Å². The van der Waals surface area contributed by atoms with Gasteiger partial charge in [-0.2, -0.15) is 0 Å². The van der Waals surface area contributed by atoms with Crippen LogP contribution in [0.4, 0.5) is 0 Å². The molecule has 0 aliphatic carbocycles. The van der Waals surface area contributed by atoms with Crippen LogP contribution in [0, 0.1) is 5.41 Å². The number of carbonyl (C=O) groups is 1. The first-order chi connectivity index (χ1) is 8.63. The second-order valence-corrected chi connectivity index (χ2v) is 5.22. The van der Waals surface area contributed by atoms with Crippen molar-refractivity contribution in [2.75, 3.05) is 19.6 Å². The maximum Gasteiger partial charge on any atom is 0.304 e. The van der Waals surface area contributed by atoms with E-state index in [1.165, 1.54) is 5.56 Å². The molecule has 1 fully saturated rings. The van der Waals surface area contributed by atoms with E-state index >= 15 is 0 Å². The first kappa shape index (κ1) is 13.1. The minimum absolute atomic E-state index is 0.175. The highest BCUT2D eigenvalue weighted by molar-refractivity contribution is 5.67. The monoisotopic (exact) mass is 248 g/mol. The largest absolute Gasteiger partial charge is 0.481 e. The lowest BCUT2D eigenvalue weighted by Crippen LogP contribution is -2.36. The summed E-state index contributed by atoms with van der Waals surface area (Å²) in [5.74, 6) is -0.748. The molecule has 98 valence electrons. The quantitative estimate of drug-likeness (QED) is 0.824. The van der Waals surface area contributed by atoms with Crippen LogP contribution in [-0.4, -0.2) is 35.6 Å². The van der Waals surface area contributed by atoms with E-state index in [0.717, 1.165) is 26.1 Å². The Balaban J connectivity index is 1.97. The fourth-order valence-corrected chi connectivity index (χ4v) is 2.71. The number of nitrogens with two attached hydrogens (primary N) is 1. The second-order valence-electron chi connectivity index (χ2n) is 5.22. The molecule has 1 aliphatic rings. The van der Waals surface area contributed by atoms with Crippen molar-refractivity contribution in [3.8, 4) is 0 Å². The minimum Gasteiger partial charge on any atom is -0.481 e. The molecule has 4 nitrogen and oxygen atoms in total. The van der Waals surface area contributed by atoms with Gasteiger partial charge >= 0.3 is 5.97 Å². The van der Waals surface area contributed by atoms with E-state index in [0.29, 0.717) is 6.54 Å². The fraction of sp³-hybridized carbons (Fsp3) is 0.500. The molecular weight excluding hydrogens is 228 g/mol. The van der Waals surface area contributed by atoms with Crippen molar-refractivity contribution in [1.29, 1.82) is 0 Å². The average molecular weight is 248 g/mol. The van der Waals surface area contributed by atoms with Gasteiger partial charge in [0, 0.05) is 18.5 Å². The Morgan fingerprint density at radius 3 is 2.72 bits per heavy atom. The summed E-state index contributed by atoms with van der Waals surface area (Å²) < 4.78 is 0. The third-order valence-corrected chi connectivity index (χ3v) is 3.73. The number of hydrogen-bond donors (Lipinski definition) is 2. The molecule has 0 radical (unpaired) electrons. The van der Waals surface area contributed by atoms with Gasteiger partial charge in [0.2, 0.25) is 0 Å². The number of likely N-dealkylation sites (tertiary alicyclic amines) is 1. The highest BCUT2D eigenvalue weighted by Crippen LogP contribution is 2.33. The smallest absolute Gasteiger partial charge is 0.304 e. The molecule has 4 heteroatoms. The van der Waals surface area contributed by atoms with Crippen molar-refractivity contribution in [2.45, 2.75) is 19.4 Å². The molecule has 0 amide bonds. The lowest BCUT2D eigenvalue weighted by Gasteiger charge is -2.26. The molecule has 3 N–H and O–H groups in total. The molecule has 1 unspecified atom stereocenters. The van der Waals surface area contributed by atoms with E-state index in [2.05, 4.69) is 17.0 Å². The van der Waals surface area contributed by atoms with Crippen LogP contribution in [0.1, 0.15) is 18.4 Å². The third-order valence-electron chi connectivity index (χ3n) is 3.73. The van der Waals surface area contributed by atoms with E-state index in [1.54, 1.807) is 0 Å². The Bertz CT molecular complexity index is 408. The van der Waals surface area contributed by atoms with Crippen molar-refractivity contribution in [1.82, 2.24) is 4.90 Å². The zero-order valence-electron chi connectivity index (χ0n) is 10.5. The van der Waals surface area contributed by atoms with Crippen LogP contribution in [0.2, 0.25) is 0 Å². The number of benzene rings is 1. The normalized spacial score (nSPS) is 24.3. The lowest BCUT2D eigenvalue weighted by atomic mass is 9.84. The van der Waals surface area contributed by atoms with Crippen LogP contribution in [0.15, 0.2) is 30.3 Å². The molecule has 0 aromatic heterocycles. The van der Waals surface area contributed by atoms with Crippen molar-refractivity contribution in [3.63, 3.8) is 0 Å². The van der Waals surface area contributed by atoms with Gasteiger partial charge in [0.1, 0.15) is 0 Å². The summed E-state index contributed by atoms with van der Waals surface area (Å²) in [5, 5.41) is 8.97. The number of nitrogens with zero attached hydrogens (tertiary/aromatic N) is 1. The third kappa shape index (κ3) is 3.09. The Morgan fingerprint density at radius 2 is 2.11 bits per heavy atom. The van der Waals surface area contributed by atoms with Gasteiger partial charge in [-0.15, -0.1) is 0 Å². The van der Waals surface area contributed by atoms with E-state index in [4.69, 9.17) is 10.8 Å². The Kier molecular flexibility index (Phi) is 3.99. The highest BCUT2D eigenvalue weighted by atomic mass is 16.4. The molecule has 1 aromatic carbocycles. The van der Waals surface area contributed by atoms with E-state index in [9.17, 15) is 4.79 Å². The van der Waals surface area contributed by atoms with Gasteiger partial charge in [0.25, 0.3) is 0 Å². The van der Waals surface area contributed by atoms with E-state index in [-0.39, 0.29) is 11.8 Å². The number of carboxylic acid groups (broad SMARTS) is 1. The summed E-state index contributed by atoms with van der Waals surface area (Å²) in [6, 6.07) is 10.2. The standard InChI is InChI=1S/C14H20N2O2/c15-10-14(8-13(17)18)6-7-16(11-14)9-12-4-2-1-3-5-12/h1-5H,6-11,15H2,(H,17,18). The number of rotatable bonds is 5. The average Bonchev–Trinajstić information content (AvgIpc) is 2.73. The summed E-state index contributed by atoms with van der Waals surface area (Å²) in [5.41, 5.74) is 6.81. The second kappa shape index (κ2) is 5.50. The Labute approximate surface area is 107 Å². The number of aliphatic carboxylic acids is 1. The molecule has 1 aliphatic heterocycles. The zero-order valence-corrected chi connectivity index (χ0v) is 10.5. The minimum atomic E-state index is -0.748. The highest BCUT2D eigenvalue weighted by Gasteiger charge is 2.38. The van der Waals surface area contributed by atoms with Crippen molar-refractivity contribution in [3.05, 3.63) is 35.9 Å². The number of hydrogen-bond acceptors (Lipinski definition) is 3. The number of carboxylic acids is 1. The fourth-order valence-electron chi connectivity index (χ4n) is 2.71. The first-order valence-electron chi connectivity index (χ1n) is 6.32. The maximum absolute atomic E-state index is 10.9. The predicted molar refractivity (Wildman–Crippen MR) is 70.1 cm³/mol.